The summed E-state index contributed by atoms with van der Waals surface area (Å²) in [6.45, 7) is 2.52. The topological polar surface area (TPSA) is 76.0 Å². The summed E-state index contributed by atoms with van der Waals surface area (Å²) in [4.78, 5) is 27.4. The molecule has 7 nitrogen and oxygen atoms in total. The van der Waals surface area contributed by atoms with E-state index >= 15 is 0 Å². The first kappa shape index (κ1) is 16.6. The lowest BCUT2D eigenvalue weighted by Crippen LogP contribution is -2.47. The Morgan fingerprint density at radius 3 is 2.97 bits per heavy atom. The summed E-state index contributed by atoms with van der Waals surface area (Å²) in [5.41, 5.74) is 4.15. The van der Waals surface area contributed by atoms with Gasteiger partial charge in [-0.2, -0.15) is 0 Å². The summed E-state index contributed by atoms with van der Waals surface area (Å²) in [5, 5.41) is 1.04. The number of methoxy groups -OCH3 is 1. The molecule has 3 aromatic heterocycles. The van der Waals surface area contributed by atoms with Gasteiger partial charge < -0.3 is 19.2 Å². The van der Waals surface area contributed by atoms with Gasteiger partial charge in [0.25, 0.3) is 5.56 Å². The molecule has 1 N–H and O–H groups in total. The number of piperidine rings is 1. The molecule has 2 aliphatic rings. The Kier molecular flexibility index (Phi) is 3.47. The second-order valence-corrected chi connectivity index (χ2v) is 8.06. The van der Waals surface area contributed by atoms with E-state index in [-0.39, 0.29) is 5.56 Å². The lowest BCUT2D eigenvalue weighted by molar-refractivity contribution is 0.281. The van der Waals surface area contributed by atoms with Gasteiger partial charge in [-0.3, -0.25) is 4.79 Å². The number of fused-ring (bicyclic) bond motifs is 7. The van der Waals surface area contributed by atoms with Gasteiger partial charge in [0.15, 0.2) is 5.82 Å². The molecule has 0 aliphatic carbocycles. The number of pyridine rings is 1. The molecule has 5 heterocycles. The number of benzene rings is 1. The van der Waals surface area contributed by atoms with E-state index in [1.165, 1.54) is 0 Å². The molecule has 2 bridgehead atoms. The van der Waals surface area contributed by atoms with Gasteiger partial charge in [-0.15, -0.1) is 0 Å². The molecule has 7 heteroatoms. The number of nitrogens with one attached hydrogen (secondary N) is 1. The van der Waals surface area contributed by atoms with E-state index in [0.29, 0.717) is 11.8 Å². The maximum absolute atomic E-state index is 12.3. The normalized spacial score (nSPS) is 20.8. The first-order chi connectivity index (χ1) is 14.2. The fraction of sp³-hybridized carbons (Fsp3) is 0.318. The molecule has 2 atom stereocenters. The smallest absolute Gasteiger partial charge is 0.250 e. The third kappa shape index (κ3) is 2.46. The van der Waals surface area contributed by atoms with Gasteiger partial charge in [-0.05, 0) is 36.6 Å². The second-order valence-electron chi connectivity index (χ2n) is 8.06. The van der Waals surface area contributed by atoms with E-state index in [1.54, 1.807) is 19.5 Å². The predicted molar refractivity (Wildman–Crippen MR) is 112 cm³/mol. The number of aromatic nitrogens is 4. The highest BCUT2D eigenvalue weighted by atomic mass is 16.5. The van der Waals surface area contributed by atoms with Crippen molar-refractivity contribution >= 4 is 27.8 Å². The Labute approximate surface area is 167 Å². The van der Waals surface area contributed by atoms with Crippen molar-refractivity contribution in [3.8, 4) is 5.75 Å². The Morgan fingerprint density at radius 1 is 1.14 bits per heavy atom. The van der Waals surface area contributed by atoms with Crippen LogP contribution in [0.1, 0.15) is 18.0 Å². The molecule has 0 amide bonds. The molecule has 2 aliphatic heterocycles. The van der Waals surface area contributed by atoms with Crippen molar-refractivity contribution in [1.29, 1.82) is 0 Å². The third-order valence-corrected chi connectivity index (χ3v) is 6.35. The van der Waals surface area contributed by atoms with Crippen LogP contribution in [0, 0.1) is 5.92 Å². The number of hydrogen-bond donors (Lipinski definition) is 1. The zero-order valence-electron chi connectivity index (χ0n) is 16.1. The number of rotatable bonds is 2. The van der Waals surface area contributed by atoms with Crippen molar-refractivity contribution in [2.24, 2.45) is 5.92 Å². The van der Waals surface area contributed by atoms with Crippen LogP contribution in [0.3, 0.4) is 0 Å². The minimum atomic E-state index is 0.111. The van der Waals surface area contributed by atoms with Gasteiger partial charge in [0.1, 0.15) is 23.1 Å². The minimum absolute atomic E-state index is 0.111. The summed E-state index contributed by atoms with van der Waals surface area (Å²) >= 11 is 0. The number of hydrogen-bond acceptors (Lipinski definition) is 5. The molecule has 0 unspecified atom stereocenters. The number of nitrogens with zero attached hydrogens (tertiary/aromatic N) is 4. The van der Waals surface area contributed by atoms with Crippen molar-refractivity contribution in [3.63, 3.8) is 0 Å². The van der Waals surface area contributed by atoms with Crippen molar-refractivity contribution in [1.82, 2.24) is 19.5 Å². The molecule has 1 fully saturated rings. The summed E-state index contributed by atoms with van der Waals surface area (Å²) < 4.78 is 7.34. The monoisotopic (exact) mass is 387 g/mol. The van der Waals surface area contributed by atoms with Crippen LogP contribution in [0.2, 0.25) is 0 Å². The van der Waals surface area contributed by atoms with Crippen LogP contribution >= 0.6 is 0 Å². The van der Waals surface area contributed by atoms with Crippen LogP contribution in [-0.2, 0) is 6.54 Å². The Bertz CT molecular complexity index is 1310. The number of anilines is 1. The standard InChI is InChI=1S/C22H21N5O2/c1-29-15-5-6-17-16(8-15)20-21(25-17)22(24-12-23-20)26-9-13-7-14(11-26)18-3-2-4-19(28)27(18)10-13/h2-6,8,12-14,25H,7,9-11H2,1H3/t13-,14-/m1/s1. The number of H-pyrrole nitrogens is 1. The molecule has 146 valence electrons. The van der Waals surface area contributed by atoms with Crippen LogP contribution in [0.4, 0.5) is 5.82 Å². The third-order valence-electron chi connectivity index (χ3n) is 6.35. The van der Waals surface area contributed by atoms with Crippen molar-refractivity contribution in [2.45, 2.75) is 18.9 Å². The van der Waals surface area contributed by atoms with E-state index in [4.69, 9.17) is 4.74 Å². The van der Waals surface area contributed by atoms with Crippen LogP contribution in [0.25, 0.3) is 21.9 Å². The molecule has 0 saturated carbocycles. The van der Waals surface area contributed by atoms with Gasteiger partial charge in [0.2, 0.25) is 0 Å². The summed E-state index contributed by atoms with van der Waals surface area (Å²) in [6, 6.07) is 11.6. The van der Waals surface area contributed by atoms with E-state index in [2.05, 4.69) is 25.9 Å². The summed E-state index contributed by atoms with van der Waals surface area (Å²) in [7, 11) is 1.67. The van der Waals surface area contributed by atoms with E-state index in [0.717, 1.165) is 65.3 Å². The van der Waals surface area contributed by atoms with Gasteiger partial charge in [0, 0.05) is 48.2 Å². The molecule has 6 rings (SSSR count). The van der Waals surface area contributed by atoms with Crippen molar-refractivity contribution in [3.05, 3.63) is 58.8 Å². The van der Waals surface area contributed by atoms with Crippen molar-refractivity contribution < 1.29 is 4.74 Å². The van der Waals surface area contributed by atoms with Crippen LogP contribution in [0.15, 0.2) is 47.5 Å². The minimum Gasteiger partial charge on any atom is -0.497 e. The molecule has 4 aromatic rings. The average Bonchev–Trinajstić information content (AvgIpc) is 3.12. The van der Waals surface area contributed by atoms with E-state index in [1.807, 2.05) is 28.8 Å². The SMILES string of the molecule is COc1ccc2[nH]c3c(N4C[C@H]5C[C@H](C4)c4cccc(=O)n4C5)ncnc3c2c1. The Balaban J connectivity index is 1.45. The highest BCUT2D eigenvalue weighted by Gasteiger charge is 2.35. The Morgan fingerprint density at radius 2 is 2.07 bits per heavy atom. The fourth-order valence-corrected chi connectivity index (χ4v) is 5.09. The number of aromatic amines is 1. The highest BCUT2D eigenvalue weighted by Crippen LogP contribution is 2.38. The van der Waals surface area contributed by atoms with Crippen LogP contribution in [-0.4, -0.2) is 39.7 Å². The average molecular weight is 387 g/mol. The maximum atomic E-state index is 12.3. The van der Waals surface area contributed by atoms with Crippen LogP contribution < -0.4 is 15.2 Å². The molecule has 1 saturated heterocycles. The zero-order valence-corrected chi connectivity index (χ0v) is 16.1. The van der Waals surface area contributed by atoms with Crippen molar-refractivity contribution in [2.75, 3.05) is 25.1 Å². The number of ether oxygens (including phenoxy) is 1. The molecule has 0 radical (unpaired) electrons. The molecular formula is C22H21N5O2. The predicted octanol–water partition coefficient (Wildman–Crippen LogP) is 2.91. The maximum Gasteiger partial charge on any atom is 0.250 e. The first-order valence-corrected chi connectivity index (χ1v) is 9.96. The van der Waals surface area contributed by atoms with Gasteiger partial charge in [-0.25, -0.2) is 9.97 Å². The highest BCUT2D eigenvalue weighted by molar-refractivity contribution is 6.08. The Hall–Kier alpha value is -3.35. The zero-order chi connectivity index (χ0) is 19.5. The quantitative estimate of drug-likeness (QED) is 0.572. The fourth-order valence-electron chi connectivity index (χ4n) is 5.09. The molecule has 29 heavy (non-hydrogen) atoms. The lowest BCUT2D eigenvalue weighted by Gasteiger charge is -2.43. The second kappa shape index (κ2) is 6.07. The van der Waals surface area contributed by atoms with Gasteiger partial charge in [0.05, 0.1) is 7.11 Å². The first-order valence-electron chi connectivity index (χ1n) is 9.96. The van der Waals surface area contributed by atoms with Crippen LogP contribution in [0.5, 0.6) is 5.75 Å². The van der Waals surface area contributed by atoms with E-state index in [9.17, 15) is 4.79 Å². The lowest BCUT2D eigenvalue weighted by atomic mass is 9.83. The largest absolute Gasteiger partial charge is 0.497 e. The molecule has 1 aromatic carbocycles. The molecule has 0 spiro atoms. The van der Waals surface area contributed by atoms with Gasteiger partial charge >= 0.3 is 0 Å². The summed E-state index contributed by atoms with van der Waals surface area (Å²) in [6.07, 6.45) is 2.77. The summed E-state index contributed by atoms with van der Waals surface area (Å²) in [5.74, 6) is 2.53. The van der Waals surface area contributed by atoms with Gasteiger partial charge in [-0.1, -0.05) is 6.07 Å². The molecular weight excluding hydrogens is 366 g/mol. The van der Waals surface area contributed by atoms with E-state index < -0.39 is 0 Å².